The number of sulfonamides is 2. The van der Waals surface area contributed by atoms with Gasteiger partial charge in [0.25, 0.3) is 0 Å². The Hall–Kier alpha value is -1.74. The molecule has 3 rings (SSSR count). The standard InChI is InChI=1S/C19H24N2O4S2/c1-16-5-7-17(8-6-16)15-20(2)26(22,23)18-9-11-19(12-10-18)27(24,25)21-13-3-4-14-21/h5-12H,3-4,13-15H2,1-2H3. The van der Waals surface area contributed by atoms with Gasteiger partial charge < -0.3 is 0 Å². The molecule has 0 unspecified atom stereocenters. The summed E-state index contributed by atoms with van der Waals surface area (Å²) in [4.78, 5) is 0.210. The molecule has 2 aromatic carbocycles. The van der Waals surface area contributed by atoms with Gasteiger partial charge in [-0.05, 0) is 49.6 Å². The fraction of sp³-hybridized carbons (Fsp3) is 0.368. The fourth-order valence-electron chi connectivity index (χ4n) is 3.08. The number of hydrogen-bond donors (Lipinski definition) is 0. The second kappa shape index (κ2) is 7.71. The number of hydrogen-bond acceptors (Lipinski definition) is 4. The third-order valence-corrected chi connectivity index (χ3v) is 8.49. The summed E-state index contributed by atoms with van der Waals surface area (Å²) in [6.07, 6.45) is 1.71. The Morgan fingerprint density at radius 2 is 1.37 bits per heavy atom. The van der Waals surface area contributed by atoms with Crippen LogP contribution in [-0.4, -0.2) is 45.6 Å². The number of nitrogens with zero attached hydrogens (tertiary/aromatic N) is 2. The Labute approximate surface area is 161 Å². The van der Waals surface area contributed by atoms with E-state index in [2.05, 4.69) is 0 Å². The minimum atomic E-state index is -3.70. The molecule has 0 aromatic heterocycles. The molecule has 1 saturated heterocycles. The van der Waals surface area contributed by atoms with Gasteiger partial charge in [-0.15, -0.1) is 0 Å². The van der Waals surface area contributed by atoms with Crippen molar-refractivity contribution in [3.8, 4) is 0 Å². The third kappa shape index (κ3) is 4.24. The summed E-state index contributed by atoms with van der Waals surface area (Å²) >= 11 is 0. The highest BCUT2D eigenvalue weighted by Crippen LogP contribution is 2.23. The number of rotatable bonds is 6. The summed E-state index contributed by atoms with van der Waals surface area (Å²) in [5.74, 6) is 0. The molecule has 0 spiro atoms. The van der Waals surface area contributed by atoms with Gasteiger partial charge in [0, 0.05) is 26.7 Å². The van der Waals surface area contributed by atoms with Gasteiger partial charge in [0.15, 0.2) is 0 Å². The summed E-state index contributed by atoms with van der Waals surface area (Å²) < 4.78 is 53.4. The number of aryl methyl sites for hydroxylation is 1. The second-order valence-corrected chi connectivity index (χ2v) is 10.8. The van der Waals surface area contributed by atoms with E-state index >= 15 is 0 Å². The molecule has 0 N–H and O–H groups in total. The van der Waals surface area contributed by atoms with Gasteiger partial charge in [-0.1, -0.05) is 29.8 Å². The van der Waals surface area contributed by atoms with Crippen molar-refractivity contribution in [2.75, 3.05) is 20.1 Å². The molecule has 0 amide bonds. The SMILES string of the molecule is Cc1ccc(CN(C)S(=O)(=O)c2ccc(S(=O)(=O)N3CCCC3)cc2)cc1. The summed E-state index contributed by atoms with van der Waals surface area (Å²) in [6, 6.07) is 13.1. The summed E-state index contributed by atoms with van der Waals surface area (Å²) in [7, 11) is -5.73. The van der Waals surface area contributed by atoms with Crippen LogP contribution >= 0.6 is 0 Å². The van der Waals surface area contributed by atoms with Crippen LogP contribution in [0.15, 0.2) is 58.3 Å². The van der Waals surface area contributed by atoms with Crippen LogP contribution in [0.5, 0.6) is 0 Å². The highest BCUT2D eigenvalue weighted by molar-refractivity contribution is 7.89. The monoisotopic (exact) mass is 408 g/mol. The highest BCUT2D eigenvalue weighted by Gasteiger charge is 2.28. The van der Waals surface area contributed by atoms with Gasteiger partial charge in [-0.2, -0.15) is 8.61 Å². The molecule has 2 aromatic rings. The maximum absolute atomic E-state index is 12.8. The van der Waals surface area contributed by atoms with Gasteiger partial charge in [-0.25, -0.2) is 16.8 Å². The van der Waals surface area contributed by atoms with Crippen LogP contribution in [-0.2, 0) is 26.6 Å². The zero-order valence-corrected chi connectivity index (χ0v) is 17.1. The zero-order valence-electron chi connectivity index (χ0n) is 15.5. The van der Waals surface area contributed by atoms with E-state index in [1.165, 1.54) is 39.9 Å². The Balaban J connectivity index is 1.79. The summed E-state index contributed by atoms with van der Waals surface area (Å²) in [5, 5.41) is 0. The summed E-state index contributed by atoms with van der Waals surface area (Å²) in [5.41, 5.74) is 2.00. The normalized spacial score (nSPS) is 16.1. The average Bonchev–Trinajstić information content (AvgIpc) is 3.19. The molecule has 0 atom stereocenters. The van der Waals surface area contributed by atoms with Crippen molar-refractivity contribution in [3.05, 3.63) is 59.7 Å². The average molecular weight is 409 g/mol. The van der Waals surface area contributed by atoms with Crippen molar-refractivity contribution in [3.63, 3.8) is 0 Å². The second-order valence-electron chi connectivity index (χ2n) is 6.83. The van der Waals surface area contributed by atoms with Gasteiger partial charge >= 0.3 is 0 Å². The van der Waals surface area contributed by atoms with E-state index in [1.807, 2.05) is 31.2 Å². The van der Waals surface area contributed by atoms with Crippen molar-refractivity contribution in [1.29, 1.82) is 0 Å². The van der Waals surface area contributed by atoms with E-state index in [0.717, 1.165) is 24.0 Å². The van der Waals surface area contributed by atoms with Crippen LogP contribution in [0.1, 0.15) is 24.0 Å². The predicted octanol–water partition coefficient (Wildman–Crippen LogP) is 2.60. The minimum absolute atomic E-state index is 0.0810. The lowest BCUT2D eigenvalue weighted by atomic mass is 10.1. The molecule has 8 heteroatoms. The molecule has 0 aliphatic carbocycles. The molecule has 0 saturated carbocycles. The first kappa shape index (κ1) is 20.0. The van der Waals surface area contributed by atoms with E-state index in [4.69, 9.17) is 0 Å². The van der Waals surface area contributed by atoms with Crippen LogP contribution in [0.2, 0.25) is 0 Å². The largest absolute Gasteiger partial charge is 0.243 e. The number of benzene rings is 2. The van der Waals surface area contributed by atoms with Gasteiger partial charge in [0.05, 0.1) is 9.79 Å². The lowest BCUT2D eigenvalue weighted by molar-refractivity contribution is 0.466. The van der Waals surface area contributed by atoms with E-state index in [9.17, 15) is 16.8 Å². The highest BCUT2D eigenvalue weighted by atomic mass is 32.2. The predicted molar refractivity (Wildman–Crippen MR) is 104 cm³/mol. The Kier molecular flexibility index (Phi) is 5.71. The lowest BCUT2D eigenvalue weighted by Crippen LogP contribution is -2.28. The molecule has 1 aliphatic rings. The third-order valence-electron chi connectivity index (χ3n) is 4.76. The quantitative estimate of drug-likeness (QED) is 0.736. The molecule has 0 bridgehead atoms. The van der Waals surface area contributed by atoms with Crippen LogP contribution < -0.4 is 0 Å². The lowest BCUT2D eigenvalue weighted by Gasteiger charge is -2.18. The summed E-state index contributed by atoms with van der Waals surface area (Å²) in [6.45, 7) is 3.25. The fourth-order valence-corrected chi connectivity index (χ4v) is 5.75. The molecule has 0 radical (unpaired) electrons. The first-order valence-corrected chi connectivity index (χ1v) is 11.7. The molecule has 27 heavy (non-hydrogen) atoms. The van der Waals surface area contributed by atoms with E-state index in [-0.39, 0.29) is 16.3 Å². The van der Waals surface area contributed by atoms with Crippen molar-refractivity contribution in [1.82, 2.24) is 8.61 Å². The Morgan fingerprint density at radius 1 is 0.852 bits per heavy atom. The molecule has 1 heterocycles. The maximum atomic E-state index is 12.8. The van der Waals surface area contributed by atoms with Gasteiger partial charge in [-0.3, -0.25) is 0 Å². The van der Waals surface area contributed by atoms with E-state index < -0.39 is 20.0 Å². The zero-order chi connectivity index (χ0) is 19.7. The van der Waals surface area contributed by atoms with Gasteiger partial charge in [0.1, 0.15) is 0 Å². The molecule has 6 nitrogen and oxygen atoms in total. The van der Waals surface area contributed by atoms with Crippen molar-refractivity contribution >= 4 is 20.0 Å². The maximum Gasteiger partial charge on any atom is 0.243 e. The van der Waals surface area contributed by atoms with Gasteiger partial charge in [0.2, 0.25) is 20.0 Å². The molecule has 1 fully saturated rings. The van der Waals surface area contributed by atoms with E-state index in [0.29, 0.717) is 13.1 Å². The molecule has 146 valence electrons. The minimum Gasteiger partial charge on any atom is -0.207 e. The van der Waals surface area contributed by atoms with Crippen LogP contribution in [0.3, 0.4) is 0 Å². The van der Waals surface area contributed by atoms with Crippen molar-refractivity contribution in [2.24, 2.45) is 0 Å². The molecular weight excluding hydrogens is 384 g/mol. The topological polar surface area (TPSA) is 74.8 Å². The van der Waals surface area contributed by atoms with Crippen molar-refractivity contribution < 1.29 is 16.8 Å². The Morgan fingerprint density at radius 3 is 1.93 bits per heavy atom. The van der Waals surface area contributed by atoms with Crippen LogP contribution in [0.25, 0.3) is 0 Å². The van der Waals surface area contributed by atoms with Crippen LogP contribution in [0, 0.1) is 6.92 Å². The molecule has 1 aliphatic heterocycles. The van der Waals surface area contributed by atoms with E-state index in [1.54, 1.807) is 0 Å². The van der Waals surface area contributed by atoms with Crippen LogP contribution in [0.4, 0.5) is 0 Å². The van der Waals surface area contributed by atoms with Crippen molar-refractivity contribution in [2.45, 2.75) is 36.1 Å². The smallest absolute Gasteiger partial charge is 0.207 e. The first-order valence-electron chi connectivity index (χ1n) is 8.83. The first-order chi connectivity index (χ1) is 12.7. The molecular formula is C19H24N2O4S2. The Bertz CT molecular complexity index is 993.